The molecular weight excluding hydrogens is 320 g/mol. The Morgan fingerprint density at radius 2 is 2.00 bits per heavy atom. The Morgan fingerprint density at radius 3 is 2.67 bits per heavy atom. The van der Waals surface area contributed by atoms with Gasteiger partial charge in [0.05, 0.1) is 0 Å². The van der Waals surface area contributed by atoms with Crippen LogP contribution in [0.25, 0.3) is 10.4 Å². The van der Waals surface area contributed by atoms with Crippen LogP contribution in [0.2, 0.25) is 0 Å². The number of carbonyl (C=O) groups excluding carboxylic acids is 2. The maximum atomic E-state index is 13.2. The van der Waals surface area contributed by atoms with Crippen LogP contribution in [0.5, 0.6) is 0 Å². The van der Waals surface area contributed by atoms with Crippen LogP contribution in [0, 0.1) is 25.7 Å². The van der Waals surface area contributed by atoms with E-state index in [1.807, 2.05) is 32.0 Å². The van der Waals surface area contributed by atoms with Gasteiger partial charge in [0.15, 0.2) is 0 Å². The fraction of sp³-hybridized carbons (Fsp3) is 0.368. The number of primary amides is 1. The summed E-state index contributed by atoms with van der Waals surface area (Å²) in [6.07, 6.45) is 1.02. The third-order valence-electron chi connectivity index (χ3n) is 5.10. The van der Waals surface area contributed by atoms with E-state index in [2.05, 4.69) is 11.4 Å². The van der Waals surface area contributed by atoms with Crippen molar-refractivity contribution >= 4 is 23.2 Å². The van der Waals surface area contributed by atoms with E-state index in [4.69, 9.17) is 5.73 Å². The second-order valence-electron chi connectivity index (χ2n) is 7.00. The number of fused-ring (bicyclic) bond motifs is 1. The van der Waals surface area contributed by atoms with Crippen LogP contribution in [0.15, 0.2) is 29.6 Å². The first-order valence-electron chi connectivity index (χ1n) is 8.22. The Balaban J connectivity index is 1.74. The first-order chi connectivity index (χ1) is 11.5. The molecule has 0 unspecified atom stereocenters. The highest BCUT2D eigenvalue weighted by molar-refractivity contribution is 7.13. The molecule has 2 aliphatic rings. The van der Waals surface area contributed by atoms with Gasteiger partial charge in [0, 0.05) is 22.5 Å². The number of nitrogens with zero attached hydrogens (tertiary/aromatic N) is 1. The van der Waals surface area contributed by atoms with Gasteiger partial charge in [0.25, 0.3) is 5.91 Å². The lowest BCUT2D eigenvalue weighted by atomic mass is 10.0. The first kappa shape index (κ1) is 15.4. The van der Waals surface area contributed by atoms with Crippen molar-refractivity contribution in [1.82, 2.24) is 4.90 Å². The van der Waals surface area contributed by atoms with Crippen LogP contribution in [-0.4, -0.2) is 29.3 Å². The Hall–Kier alpha value is -2.14. The third-order valence-corrected chi connectivity index (χ3v) is 6.19. The minimum atomic E-state index is -0.444. The van der Waals surface area contributed by atoms with Crippen LogP contribution < -0.4 is 5.73 Å². The summed E-state index contributed by atoms with van der Waals surface area (Å²) in [6.45, 7) is 4.67. The molecule has 124 valence electrons. The number of thiophene rings is 1. The van der Waals surface area contributed by atoms with Gasteiger partial charge in [-0.15, -0.1) is 11.3 Å². The van der Waals surface area contributed by atoms with Gasteiger partial charge < -0.3 is 10.6 Å². The number of benzene rings is 1. The number of amides is 2. The molecule has 1 aliphatic heterocycles. The number of nitrogens with two attached hydrogens (primary N) is 1. The van der Waals surface area contributed by atoms with Crippen molar-refractivity contribution in [3.05, 3.63) is 46.3 Å². The second-order valence-corrected chi connectivity index (χ2v) is 7.91. The Morgan fingerprint density at radius 1 is 1.21 bits per heavy atom. The predicted molar refractivity (Wildman–Crippen MR) is 94.8 cm³/mol. The number of hydrogen-bond donors (Lipinski definition) is 1. The molecule has 2 aromatic rings. The van der Waals surface area contributed by atoms with Gasteiger partial charge in [0.2, 0.25) is 5.91 Å². The minimum Gasteiger partial charge on any atom is -0.368 e. The van der Waals surface area contributed by atoms with Gasteiger partial charge in [-0.05, 0) is 55.2 Å². The maximum Gasteiger partial charge on any atom is 0.255 e. The number of aryl methyl sites for hydroxylation is 2. The quantitative estimate of drug-likeness (QED) is 0.933. The average molecular weight is 340 g/mol. The van der Waals surface area contributed by atoms with Gasteiger partial charge >= 0.3 is 0 Å². The van der Waals surface area contributed by atoms with Crippen molar-refractivity contribution in [2.75, 3.05) is 6.54 Å². The van der Waals surface area contributed by atoms with E-state index in [0.717, 1.165) is 22.4 Å². The molecule has 1 aliphatic carbocycles. The van der Waals surface area contributed by atoms with Gasteiger partial charge in [-0.25, -0.2) is 0 Å². The summed E-state index contributed by atoms with van der Waals surface area (Å²) in [5.74, 6) is 0.262. The molecule has 0 radical (unpaired) electrons. The zero-order valence-electron chi connectivity index (χ0n) is 13.8. The molecule has 0 bridgehead atoms. The molecule has 4 rings (SSSR count). The van der Waals surface area contributed by atoms with E-state index in [0.29, 0.717) is 18.0 Å². The topological polar surface area (TPSA) is 63.4 Å². The summed E-state index contributed by atoms with van der Waals surface area (Å²) in [4.78, 5) is 27.8. The monoisotopic (exact) mass is 340 g/mol. The summed E-state index contributed by atoms with van der Waals surface area (Å²) in [6, 6.07) is 7.60. The molecule has 2 fully saturated rings. The number of likely N-dealkylation sites (tertiary alicyclic amines) is 1. The van der Waals surface area contributed by atoms with Crippen LogP contribution in [0.1, 0.15) is 27.9 Å². The number of carbonyl (C=O) groups is 2. The second kappa shape index (κ2) is 5.45. The number of hydrogen-bond acceptors (Lipinski definition) is 3. The lowest BCUT2D eigenvalue weighted by Crippen LogP contribution is -2.46. The molecular formula is C19H20N2O2S. The lowest BCUT2D eigenvalue weighted by molar-refractivity contribution is -0.122. The van der Waals surface area contributed by atoms with Crippen LogP contribution in [-0.2, 0) is 4.79 Å². The fourth-order valence-corrected chi connectivity index (χ4v) is 4.76. The molecule has 5 heteroatoms. The summed E-state index contributed by atoms with van der Waals surface area (Å²) in [5, 5.41) is 2.08. The Labute approximate surface area is 145 Å². The minimum absolute atomic E-state index is 0.0734. The Bertz CT molecular complexity index is 842. The smallest absolute Gasteiger partial charge is 0.255 e. The largest absolute Gasteiger partial charge is 0.368 e. The third kappa shape index (κ3) is 2.44. The molecule has 2 N–H and O–H groups in total. The molecule has 1 saturated heterocycles. The molecule has 4 nitrogen and oxygen atoms in total. The highest BCUT2D eigenvalue weighted by atomic mass is 32.1. The highest BCUT2D eigenvalue weighted by Crippen LogP contribution is 2.50. The fourth-order valence-electron chi connectivity index (χ4n) is 3.82. The first-order valence-corrected chi connectivity index (χ1v) is 9.10. The van der Waals surface area contributed by atoms with Gasteiger partial charge in [-0.3, -0.25) is 9.59 Å². The molecule has 1 aromatic carbocycles. The lowest BCUT2D eigenvalue weighted by Gasteiger charge is -2.26. The zero-order valence-corrected chi connectivity index (χ0v) is 14.6. The summed E-state index contributed by atoms with van der Waals surface area (Å²) >= 11 is 1.64. The van der Waals surface area contributed by atoms with Crippen molar-refractivity contribution in [2.24, 2.45) is 17.6 Å². The maximum absolute atomic E-state index is 13.2. The van der Waals surface area contributed by atoms with Crippen molar-refractivity contribution in [1.29, 1.82) is 0 Å². The van der Waals surface area contributed by atoms with E-state index in [9.17, 15) is 9.59 Å². The number of rotatable bonds is 3. The van der Waals surface area contributed by atoms with Crippen molar-refractivity contribution in [3.63, 3.8) is 0 Å². The normalized spacial score (nSPS) is 24.8. The standard InChI is InChI=1S/C19H20N2O2S/c1-10-3-4-13(16-6-11(2)9-24-16)15(5-10)19(23)21-8-12-7-14(12)17(21)18(20)22/h3-6,9,12,14,17H,7-8H2,1-2H3,(H2,20,22)/t12-,14-,17+/m1/s1. The highest BCUT2D eigenvalue weighted by Gasteiger charge is 2.56. The molecule has 2 amide bonds. The molecule has 3 atom stereocenters. The van der Waals surface area contributed by atoms with E-state index in [-0.39, 0.29) is 17.7 Å². The van der Waals surface area contributed by atoms with E-state index >= 15 is 0 Å². The molecule has 24 heavy (non-hydrogen) atoms. The SMILES string of the molecule is Cc1csc(-c2ccc(C)cc2C(=O)N2C[C@H]3C[C@H]3[C@H]2C(N)=O)c1. The Kier molecular flexibility index (Phi) is 3.49. The van der Waals surface area contributed by atoms with Crippen LogP contribution >= 0.6 is 11.3 Å². The van der Waals surface area contributed by atoms with Crippen LogP contribution in [0.4, 0.5) is 0 Å². The predicted octanol–water partition coefficient (Wildman–Crippen LogP) is 2.98. The van der Waals surface area contributed by atoms with E-state index in [1.165, 1.54) is 5.56 Å². The molecule has 2 heterocycles. The van der Waals surface area contributed by atoms with Crippen molar-refractivity contribution < 1.29 is 9.59 Å². The summed E-state index contributed by atoms with van der Waals surface area (Å²) < 4.78 is 0. The van der Waals surface area contributed by atoms with Gasteiger partial charge in [-0.1, -0.05) is 17.7 Å². The van der Waals surface area contributed by atoms with Gasteiger partial charge in [-0.2, -0.15) is 0 Å². The van der Waals surface area contributed by atoms with E-state index in [1.54, 1.807) is 16.2 Å². The molecule has 0 spiro atoms. The molecule has 1 aromatic heterocycles. The summed E-state index contributed by atoms with van der Waals surface area (Å²) in [7, 11) is 0. The van der Waals surface area contributed by atoms with Crippen molar-refractivity contribution in [2.45, 2.75) is 26.3 Å². The van der Waals surface area contributed by atoms with Crippen molar-refractivity contribution in [3.8, 4) is 10.4 Å². The molecule has 1 saturated carbocycles. The van der Waals surface area contributed by atoms with Crippen LogP contribution in [0.3, 0.4) is 0 Å². The number of piperidine rings is 1. The summed E-state index contributed by atoms with van der Waals surface area (Å²) in [5.41, 5.74) is 9.40. The van der Waals surface area contributed by atoms with Gasteiger partial charge in [0.1, 0.15) is 6.04 Å². The zero-order chi connectivity index (χ0) is 17.0. The van der Waals surface area contributed by atoms with E-state index < -0.39 is 6.04 Å². The average Bonchev–Trinajstić information content (AvgIpc) is 2.99.